The second kappa shape index (κ2) is 6.98. The van der Waals surface area contributed by atoms with Crippen LogP contribution in [0, 0.1) is 0 Å². The molecule has 0 amide bonds. The second-order valence-corrected chi connectivity index (χ2v) is 3.65. The molecule has 6 heteroatoms. The quantitative estimate of drug-likeness (QED) is 0.708. The summed E-state index contributed by atoms with van der Waals surface area (Å²) < 4.78 is 10.3. The molecule has 0 heterocycles. The monoisotopic (exact) mass is 278 g/mol. The van der Waals surface area contributed by atoms with Gasteiger partial charge in [-0.05, 0) is 12.1 Å². The van der Waals surface area contributed by atoms with Gasteiger partial charge in [0.2, 0.25) is 0 Å². The zero-order chi connectivity index (χ0) is 15.1. The van der Waals surface area contributed by atoms with Crippen molar-refractivity contribution >= 4 is 11.9 Å². The Labute approximate surface area is 115 Å². The van der Waals surface area contributed by atoms with Crippen molar-refractivity contribution in [1.29, 1.82) is 0 Å². The summed E-state index contributed by atoms with van der Waals surface area (Å²) in [5, 5.41) is 18.2. The number of hydrogen-bond acceptors (Lipinski definition) is 4. The van der Waals surface area contributed by atoms with Gasteiger partial charge in [0.15, 0.2) is 0 Å². The van der Waals surface area contributed by atoms with Crippen LogP contribution in [0.2, 0.25) is 0 Å². The van der Waals surface area contributed by atoms with Crippen LogP contribution in [0.1, 0.15) is 20.7 Å². The van der Waals surface area contributed by atoms with E-state index < -0.39 is 11.9 Å². The Kier molecular flexibility index (Phi) is 5.34. The van der Waals surface area contributed by atoms with Crippen molar-refractivity contribution in [2.45, 2.75) is 0 Å². The Morgan fingerprint density at radius 1 is 0.950 bits per heavy atom. The summed E-state index contributed by atoms with van der Waals surface area (Å²) in [7, 11) is 0. The molecule has 2 N–H and O–H groups in total. The largest absolute Gasteiger partial charge is 0.489 e. The fourth-order valence-electron chi connectivity index (χ4n) is 1.43. The molecule has 0 saturated carbocycles. The lowest BCUT2D eigenvalue weighted by Gasteiger charge is -2.13. The Morgan fingerprint density at radius 3 is 1.55 bits per heavy atom. The van der Waals surface area contributed by atoms with Crippen molar-refractivity contribution in [2.24, 2.45) is 0 Å². The number of carbonyl (C=O) groups is 2. The highest BCUT2D eigenvalue weighted by Crippen LogP contribution is 2.29. The molecule has 0 aromatic heterocycles. The number of carboxylic acid groups (broad SMARTS) is 2. The van der Waals surface area contributed by atoms with Crippen LogP contribution in [-0.4, -0.2) is 35.4 Å². The summed E-state index contributed by atoms with van der Waals surface area (Å²) in [6.07, 6.45) is 2.85. The third-order valence-electron chi connectivity index (χ3n) is 2.26. The zero-order valence-electron chi connectivity index (χ0n) is 10.7. The van der Waals surface area contributed by atoms with Crippen LogP contribution in [0.3, 0.4) is 0 Å². The third-order valence-corrected chi connectivity index (χ3v) is 2.26. The van der Waals surface area contributed by atoms with E-state index in [0.29, 0.717) is 0 Å². The first kappa shape index (κ1) is 15.3. The summed E-state index contributed by atoms with van der Waals surface area (Å²) in [5.74, 6) is -2.60. The Hall–Kier alpha value is -2.76. The number of benzene rings is 1. The van der Waals surface area contributed by atoms with Gasteiger partial charge in [0.25, 0.3) is 0 Å². The Balaban J connectivity index is 3.33. The smallest absolute Gasteiger partial charge is 0.339 e. The first-order valence-corrected chi connectivity index (χ1v) is 5.63. The van der Waals surface area contributed by atoms with E-state index in [9.17, 15) is 9.59 Å². The lowest BCUT2D eigenvalue weighted by molar-refractivity contribution is 0.0673. The standard InChI is InChI=1S/C14H14O6/c1-3-5-19-11-7-10(14(17)18)12(20-6-4-2)8-9(11)13(15)16/h3-4,7-8H,1-2,5-6H2,(H,15,16)(H,17,18). The van der Waals surface area contributed by atoms with Crippen LogP contribution in [0.4, 0.5) is 0 Å². The van der Waals surface area contributed by atoms with Gasteiger partial charge >= 0.3 is 11.9 Å². The van der Waals surface area contributed by atoms with E-state index in [-0.39, 0.29) is 35.8 Å². The first-order valence-electron chi connectivity index (χ1n) is 5.63. The van der Waals surface area contributed by atoms with E-state index in [1.54, 1.807) is 0 Å². The molecule has 0 aliphatic carbocycles. The molecule has 0 spiro atoms. The predicted octanol–water partition coefficient (Wildman–Crippen LogP) is 2.21. The lowest BCUT2D eigenvalue weighted by Crippen LogP contribution is -2.09. The normalized spacial score (nSPS) is 9.60. The molecule has 106 valence electrons. The van der Waals surface area contributed by atoms with Gasteiger partial charge in [0.1, 0.15) is 35.8 Å². The van der Waals surface area contributed by atoms with Gasteiger partial charge in [-0.2, -0.15) is 0 Å². The van der Waals surface area contributed by atoms with Crippen molar-refractivity contribution in [1.82, 2.24) is 0 Å². The topological polar surface area (TPSA) is 93.1 Å². The van der Waals surface area contributed by atoms with Crippen molar-refractivity contribution < 1.29 is 29.3 Å². The number of carboxylic acids is 2. The number of ether oxygens (including phenoxy) is 2. The molecule has 0 atom stereocenters. The molecular formula is C14H14O6. The van der Waals surface area contributed by atoms with Gasteiger partial charge in [-0.25, -0.2) is 9.59 Å². The fourth-order valence-corrected chi connectivity index (χ4v) is 1.43. The highest BCUT2D eigenvalue weighted by molar-refractivity contribution is 5.97. The molecule has 1 aromatic rings. The van der Waals surface area contributed by atoms with E-state index >= 15 is 0 Å². The molecular weight excluding hydrogens is 264 g/mol. The maximum atomic E-state index is 11.2. The van der Waals surface area contributed by atoms with Crippen molar-refractivity contribution in [3.63, 3.8) is 0 Å². The first-order chi connectivity index (χ1) is 9.51. The average Bonchev–Trinajstić information content (AvgIpc) is 2.42. The van der Waals surface area contributed by atoms with Gasteiger partial charge in [0, 0.05) is 0 Å². The molecule has 1 aromatic carbocycles. The maximum absolute atomic E-state index is 11.2. The van der Waals surface area contributed by atoms with Gasteiger partial charge in [0.05, 0.1) is 0 Å². The average molecular weight is 278 g/mol. The summed E-state index contributed by atoms with van der Waals surface area (Å²) >= 11 is 0. The van der Waals surface area contributed by atoms with Crippen molar-refractivity contribution in [2.75, 3.05) is 13.2 Å². The minimum atomic E-state index is -1.25. The van der Waals surface area contributed by atoms with Crippen molar-refractivity contribution in [3.05, 3.63) is 48.6 Å². The van der Waals surface area contributed by atoms with E-state index in [1.807, 2.05) is 0 Å². The molecule has 0 fully saturated rings. The summed E-state index contributed by atoms with van der Waals surface area (Å²) in [6.45, 7) is 7.01. The minimum Gasteiger partial charge on any atom is -0.489 e. The molecule has 1 rings (SSSR count). The second-order valence-electron chi connectivity index (χ2n) is 3.65. The van der Waals surface area contributed by atoms with Crippen molar-refractivity contribution in [3.8, 4) is 11.5 Å². The zero-order valence-corrected chi connectivity index (χ0v) is 10.7. The molecule has 0 aliphatic heterocycles. The van der Waals surface area contributed by atoms with E-state index in [4.69, 9.17) is 19.7 Å². The molecule has 6 nitrogen and oxygen atoms in total. The van der Waals surface area contributed by atoms with E-state index in [0.717, 1.165) is 12.1 Å². The molecule has 0 unspecified atom stereocenters. The molecule has 20 heavy (non-hydrogen) atoms. The summed E-state index contributed by atoms with van der Waals surface area (Å²) in [4.78, 5) is 22.3. The molecule has 0 radical (unpaired) electrons. The SMILES string of the molecule is C=CCOc1cc(C(=O)O)c(OCC=C)cc1C(=O)O. The highest BCUT2D eigenvalue weighted by atomic mass is 16.5. The van der Waals surface area contributed by atoms with Crippen LogP contribution in [-0.2, 0) is 0 Å². The van der Waals surface area contributed by atoms with Gasteiger partial charge in [-0.3, -0.25) is 0 Å². The van der Waals surface area contributed by atoms with Crippen LogP contribution in [0.25, 0.3) is 0 Å². The number of hydrogen-bond donors (Lipinski definition) is 2. The van der Waals surface area contributed by atoms with E-state index in [2.05, 4.69) is 13.2 Å². The summed E-state index contributed by atoms with van der Waals surface area (Å²) in [5.41, 5.74) is -0.369. The minimum absolute atomic E-state index is 0.0549. The van der Waals surface area contributed by atoms with Crippen LogP contribution in [0.5, 0.6) is 11.5 Å². The Bertz CT molecular complexity index is 497. The molecule has 0 bridgehead atoms. The van der Waals surface area contributed by atoms with Gasteiger partial charge < -0.3 is 19.7 Å². The predicted molar refractivity (Wildman–Crippen MR) is 71.7 cm³/mol. The fraction of sp³-hybridized carbons (Fsp3) is 0.143. The third kappa shape index (κ3) is 3.61. The number of aromatic carboxylic acids is 2. The highest BCUT2D eigenvalue weighted by Gasteiger charge is 2.20. The number of rotatable bonds is 8. The lowest BCUT2D eigenvalue weighted by atomic mass is 10.1. The summed E-state index contributed by atoms with van der Waals surface area (Å²) in [6, 6.07) is 2.24. The van der Waals surface area contributed by atoms with Crippen LogP contribution < -0.4 is 9.47 Å². The van der Waals surface area contributed by atoms with Crippen LogP contribution in [0.15, 0.2) is 37.4 Å². The molecule has 0 aliphatic rings. The van der Waals surface area contributed by atoms with Crippen LogP contribution >= 0.6 is 0 Å². The Morgan fingerprint density at radius 2 is 1.30 bits per heavy atom. The van der Waals surface area contributed by atoms with E-state index in [1.165, 1.54) is 12.2 Å². The molecule has 0 saturated heterocycles. The van der Waals surface area contributed by atoms with Gasteiger partial charge in [-0.15, -0.1) is 0 Å². The maximum Gasteiger partial charge on any atom is 0.339 e. The van der Waals surface area contributed by atoms with Gasteiger partial charge in [-0.1, -0.05) is 25.3 Å².